The molecular formula is C11H16N2O2. The minimum Gasteiger partial charge on any atom is -0.367 e. The number of rotatable bonds is 3. The molecule has 2 rings (SSSR count). The summed E-state index contributed by atoms with van der Waals surface area (Å²) in [5.74, 6) is 0.419. The van der Waals surface area contributed by atoms with Crippen LogP contribution in [0.5, 0.6) is 0 Å². The smallest absolute Gasteiger partial charge is 0.163 e. The molecule has 1 aliphatic heterocycles. The molecule has 0 aromatic carbocycles. The van der Waals surface area contributed by atoms with E-state index in [1.54, 1.807) is 6.20 Å². The third-order valence-corrected chi connectivity index (χ3v) is 2.24. The Hall–Kier alpha value is -1.13. The molecule has 0 amide bonds. The SMILES string of the molecule is CC1(C)OCC(CNc2ccccn2)O1. The van der Waals surface area contributed by atoms with E-state index in [1.807, 2.05) is 32.0 Å². The molecule has 1 N–H and O–H groups in total. The lowest BCUT2D eigenvalue weighted by Crippen LogP contribution is -2.26. The Balaban J connectivity index is 1.80. The van der Waals surface area contributed by atoms with E-state index in [1.165, 1.54) is 0 Å². The summed E-state index contributed by atoms with van der Waals surface area (Å²) in [4.78, 5) is 4.17. The monoisotopic (exact) mass is 208 g/mol. The van der Waals surface area contributed by atoms with Crippen molar-refractivity contribution in [2.75, 3.05) is 18.5 Å². The minimum absolute atomic E-state index is 0.0991. The van der Waals surface area contributed by atoms with Crippen LogP contribution < -0.4 is 5.32 Å². The maximum Gasteiger partial charge on any atom is 0.163 e. The van der Waals surface area contributed by atoms with E-state index in [-0.39, 0.29) is 6.10 Å². The Morgan fingerprint density at radius 3 is 3.00 bits per heavy atom. The lowest BCUT2D eigenvalue weighted by Gasteiger charge is -2.17. The van der Waals surface area contributed by atoms with Crippen molar-refractivity contribution in [3.8, 4) is 0 Å². The average molecular weight is 208 g/mol. The van der Waals surface area contributed by atoms with E-state index in [0.29, 0.717) is 6.61 Å². The summed E-state index contributed by atoms with van der Waals surface area (Å²) in [7, 11) is 0. The first-order chi connectivity index (χ1) is 7.16. The van der Waals surface area contributed by atoms with Gasteiger partial charge in [0.1, 0.15) is 11.9 Å². The van der Waals surface area contributed by atoms with E-state index in [9.17, 15) is 0 Å². The molecule has 1 atom stereocenters. The van der Waals surface area contributed by atoms with Crippen molar-refractivity contribution in [1.29, 1.82) is 0 Å². The van der Waals surface area contributed by atoms with E-state index in [4.69, 9.17) is 9.47 Å². The first-order valence-corrected chi connectivity index (χ1v) is 5.12. The molecule has 0 bridgehead atoms. The molecule has 82 valence electrons. The second kappa shape index (κ2) is 4.16. The Morgan fingerprint density at radius 1 is 1.53 bits per heavy atom. The van der Waals surface area contributed by atoms with Crippen molar-refractivity contribution in [2.24, 2.45) is 0 Å². The fraction of sp³-hybridized carbons (Fsp3) is 0.545. The Kier molecular flexibility index (Phi) is 2.88. The number of hydrogen-bond donors (Lipinski definition) is 1. The quantitative estimate of drug-likeness (QED) is 0.820. The maximum atomic E-state index is 5.66. The Morgan fingerprint density at radius 2 is 2.40 bits per heavy atom. The maximum absolute atomic E-state index is 5.66. The standard InChI is InChI=1S/C11H16N2O2/c1-11(2)14-8-9(15-11)7-13-10-5-3-4-6-12-10/h3-6,9H,7-8H2,1-2H3,(H,12,13). The molecule has 0 spiro atoms. The van der Waals surface area contributed by atoms with Gasteiger partial charge in [-0.05, 0) is 26.0 Å². The largest absolute Gasteiger partial charge is 0.367 e. The number of aromatic nitrogens is 1. The summed E-state index contributed by atoms with van der Waals surface area (Å²) in [6.07, 6.45) is 1.86. The zero-order valence-corrected chi connectivity index (χ0v) is 9.06. The summed E-state index contributed by atoms with van der Waals surface area (Å²) in [5.41, 5.74) is 0. The Bertz CT molecular complexity index is 314. The van der Waals surface area contributed by atoms with Crippen molar-refractivity contribution in [3.63, 3.8) is 0 Å². The van der Waals surface area contributed by atoms with Crippen LogP contribution in [0.25, 0.3) is 0 Å². The van der Waals surface area contributed by atoms with Crippen molar-refractivity contribution in [3.05, 3.63) is 24.4 Å². The molecular weight excluding hydrogens is 192 g/mol. The van der Waals surface area contributed by atoms with Crippen molar-refractivity contribution < 1.29 is 9.47 Å². The third-order valence-electron chi connectivity index (χ3n) is 2.24. The molecule has 1 aliphatic rings. The van der Waals surface area contributed by atoms with Gasteiger partial charge in [-0.15, -0.1) is 0 Å². The summed E-state index contributed by atoms with van der Waals surface area (Å²) in [6, 6.07) is 5.77. The second-order valence-electron chi connectivity index (χ2n) is 4.05. The van der Waals surface area contributed by atoms with E-state index in [2.05, 4.69) is 10.3 Å². The summed E-state index contributed by atoms with van der Waals surface area (Å²) in [6.45, 7) is 5.20. The zero-order chi connectivity index (χ0) is 10.7. The van der Waals surface area contributed by atoms with Gasteiger partial charge < -0.3 is 14.8 Å². The van der Waals surface area contributed by atoms with Gasteiger partial charge in [-0.3, -0.25) is 0 Å². The predicted molar refractivity (Wildman–Crippen MR) is 57.6 cm³/mol. The van der Waals surface area contributed by atoms with E-state index < -0.39 is 5.79 Å². The number of anilines is 1. The van der Waals surface area contributed by atoms with Crippen molar-refractivity contribution in [2.45, 2.75) is 25.7 Å². The van der Waals surface area contributed by atoms with Crippen LogP contribution in [-0.4, -0.2) is 30.0 Å². The number of pyridine rings is 1. The second-order valence-corrected chi connectivity index (χ2v) is 4.05. The molecule has 4 nitrogen and oxygen atoms in total. The topological polar surface area (TPSA) is 43.4 Å². The summed E-state index contributed by atoms with van der Waals surface area (Å²) >= 11 is 0. The van der Waals surface area contributed by atoms with Crippen LogP contribution in [0.2, 0.25) is 0 Å². The van der Waals surface area contributed by atoms with Gasteiger partial charge in [0, 0.05) is 12.7 Å². The van der Waals surface area contributed by atoms with Crippen LogP contribution in [0, 0.1) is 0 Å². The van der Waals surface area contributed by atoms with Gasteiger partial charge in [0.25, 0.3) is 0 Å². The zero-order valence-electron chi connectivity index (χ0n) is 9.06. The van der Waals surface area contributed by atoms with Crippen LogP contribution in [0.4, 0.5) is 5.82 Å². The molecule has 1 unspecified atom stereocenters. The fourth-order valence-electron chi connectivity index (χ4n) is 1.55. The van der Waals surface area contributed by atoms with Crippen molar-refractivity contribution in [1.82, 2.24) is 4.98 Å². The first kappa shape index (κ1) is 10.4. The minimum atomic E-state index is -0.448. The molecule has 0 aliphatic carbocycles. The average Bonchev–Trinajstić information content (AvgIpc) is 2.57. The van der Waals surface area contributed by atoms with Gasteiger partial charge in [0.05, 0.1) is 6.61 Å². The number of nitrogens with zero attached hydrogens (tertiary/aromatic N) is 1. The number of ether oxygens (including phenoxy) is 2. The highest BCUT2D eigenvalue weighted by Crippen LogP contribution is 2.22. The molecule has 15 heavy (non-hydrogen) atoms. The lowest BCUT2D eigenvalue weighted by molar-refractivity contribution is -0.136. The van der Waals surface area contributed by atoms with Gasteiger partial charge in [-0.2, -0.15) is 0 Å². The predicted octanol–water partition coefficient (Wildman–Crippen LogP) is 1.64. The Labute approximate surface area is 89.6 Å². The van der Waals surface area contributed by atoms with Gasteiger partial charge in [-0.25, -0.2) is 4.98 Å². The highest BCUT2D eigenvalue weighted by molar-refractivity contribution is 5.33. The summed E-state index contributed by atoms with van der Waals surface area (Å²) < 4.78 is 11.1. The molecule has 2 heterocycles. The highest BCUT2D eigenvalue weighted by Gasteiger charge is 2.32. The molecule has 1 aromatic heterocycles. The normalized spacial score (nSPS) is 24.0. The molecule has 4 heteroatoms. The van der Waals surface area contributed by atoms with Crippen LogP contribution >= 0.6 is 0 Å². The molecule has 1 saturated heterocycles. The lowest BCUT2D eigenvalue weighted by atomic mass is 10.3. The van der Waals surface area contributed by atoms with Gasteiger partial charge in [-0.1, -0.05) is 6.07 Å². The molecule has 1 aromatic rings. The van der Waals surface area contributed by atoms with Crippen LogP contribution in [0.15, 0.2) is 24.4 Å². The molecule has 0 radical (unpaired) electrons. The van der Waals surface area contributed by atoms with Crippen LogP contribution in [0.1, 0.15) is 13.8 Å². The van der Waals surface area contributed by atoms with Gasteiger partial charge >= 0.3 is 0 Å². The van der Waals surface area contributed by atoms with E-state index >= 15 is 0 Å². The molecule has 1 fully saturated rings. The first-order valence-electron chi connectivity index (χ1n) is 5.12. The van der Waals surface area contributed by atoms with Crippen LogP contribution in [-0.2, 0) is 9.47 Å². The van der Waals surface area contributed by atoms with Gasteiger partial charge in [0.2, 0.25) is 0 Å². The van der Waals surface area contributed by atoms with Crippen LogP contribution in [0.3, 0.4) is 0 Å². The highest BCUT2D eigenvalue weighted by atomic mass is 16.7. The number of hydrogen-bond acceptors (Lipinski definition) is 4. The fourth-order valence-corrected chi connectivity index (χ4v) is 1.55. The van der Waals surface area contributed by atoms with E-state index in [0.717, 1.165) is 12.4 Å². The third kappa shape index (κ3) is 2.91. The van der Waals surface area contributed by atoms with Gasteiger partial charge in [0.15, 0.2) is 5.79 Å². The summed E-state index contributed by atoms with van der Waals surface area (Å²) in [5, 5.41) is 3.21. The van der Waals surface area contributed by atoms with Crippen molar-refractivity contribution >= 4 is 5.82 Å². The number of nitrogens with one attached hydrogen (secondary N) is 1. The molecule has 0 saturated carbocycles.